The van der Waals surface area contributed by atoms with E-state index in [1.165, 1.54) is 27.7 Å². The summed E-state index contributed by atoms with van der Waals surface area (Å²) >= 11 is 0. The van der Waals surface area contributed by atoms with Gasteiger partial charge in [-0.05, 0) is 37.6 Å². The molecule has 0 unspecified atom stereocenters. The van der Waals surface area contributed by atoms with Gasteiger partial charge in [-0.1, -0.05) is 11.6 Å². The second kappa shape index (κ2) is 2.85. The van der Waals surface area contributed by atoms with Gasteiger partial charge >= 0.3 is 0 Å². The van der Waals surface area contributed by atoms with Crippen molar-refractivity contribution < 1.29 is 0 Å². The monoisotopic (exact) mass is 186 g/mol. The zero-order valence-electron chi connectivity index (χ0n) is 8.35. The van der Waals surface area contributed by atoms with Crippen molar-refractivity contribution in [3.63, 3.8) is 0 Å². The van der Waals surface area contributed by atoms with Crippen molar-refractivity contribution in [3.05, 3.63) is 35.0 Å². The van der Waals surface area contributed by atoms with Gasteiger partial charge in [-0.15, -0.1) is 0 Å². The zero-order chi connectivity index (χ0) is 9.54. The molecule has 72 valence electrons. The first-order valence-corrected chi connectivity index (χ1v) is 5.15. The van der Waals surface area contributed by atoms with Gasteiger partial charge in [-0.2, -0.15) is 0 Å². The van der Waals surface area contributed by atoms with Crippen LogP contribution in [0.25, 0.3) is 10.9 Å². The molecule has 2 N–H and O–H groups in total. The Kier molecular flexibility index (Phi) is 1.64. The van der Waals surface area contributed by atoms with Gasteiger partial charge in [0.05, 0.1) is 0 Å². The van der Waals surface area contributed by atoms with E-state index in [9.17, 15) is 0 Å². The number of H-pyrrole nitrogens is 1. The van der Waals surface area contributed by atoms with Crippen molar-refractivity contribution in [2.24, 2.45) is 0 Å². The van der Waals surface area contributed by atoms with E-state index in [1.807, 2.05) is 0 Å². The fourth-order valence-electron chi connectivity index (χ4n) is 2.28. The van der Waals surface area contributed by atoms with Crippen molar-refractivity contribution in [1.82, 2.24) is 10.3 Å². The average molecular weight is 186 g/mol. The van der Waals surface area contributed by atoms with Gasteiger partial charge < -0.3 is 10.3 Å². The fourth-order valence-corrected chi connectivity index (χ4v) is 2.28. The molecule has 0 bridgehead atoms. The lowest BCUT2D eigenvalue weighted by molar-refractivity contribution is 0.637. The smallest absolute Gasteiger partial charge is 0.0459 e. The third kappa shape index (κ3) is 1.07. The molecule has 0 saturated heterocycles. The SMILES string of the molecule is Cc1ccc2[nH]c3c(c2c1)CCNC3. The second-order valence-electron chi connectivity index (χ2n) is 4.06. The summed E-state index contributed by atoms with van der Waals surface area (Å²) in [5.41, 5.74) is 5.52. The minimum absolute atomic E-state index is 0.989. The number of benzene rings is 1. The Hall–Kier alpha value is -1.28. The molecule has 2 heteroatoms. The van der Waals surface area contributed by atoms with E-state index in [0.717, 1.165) is 19.5 Å². The van der Waals surface area contributed by atoms with Crippen molar-refractivity contribution in [1.29, 1.82) is 0 Å². The van der Waals surface area contributed by atoms with E-state index >= 15 is 0 Å². The van der Waals surface area contributed by atoms with Crippen LogP contribution in [0.1, 0.15) is 16.8 Å². The summed E-state index contributed by atoms with van der Waals surface area (Å²) in [4.78, 5) is 3.48. The maximum Gasteiger partial charge on any atom is 0.0459 e. The third-order valence-electron chi connectivity index (χ3n) is 3.00. The minimum atomic E-state index is 0.989. The molecule has 0 fully saturated rings. The van der Waals surface area contributed by atoms with Crippen LogP contribution >= 0.6 is 0 Å². The zero-order valence-corrected chi connectivity index (χ0v) is 8.35. The molecule has 0 radical (unpaired) electrons. The minimum Gasteiger partial charge on any atom is -0.357 e. The van der Waals surface area contributed by atoms with E-state index in [-0.39, 0.29) is 0 Å². The molecular weight excluding hydrogens is 172 g/mol. The average Bonchev–Trinajstić information content (AvgIpc) is 2.56. The maximum absolute atomic E-state index is 3.48. The standard InChI is InChI=1S/C12H14N2/c1-8-2-3-11-10(6-8)9-4-5-13-7-12(9)14-11/h2-3,6,13-14H,4-5,7H2,1H3. The van der Waals surface area contributed by atoms with Crippen LogP contribution in [0.4, 0.5) is 0 Å². The highest BCUT2D eigenvalue weighted by atomic mass is 14.9. The molecule has 0 aliphatic carbocycles. The molecule has 2 aromatic rings. The normalized spacial score (nSPS) is 15.8. The van der Waals surface area contributed by atoms with Crippen molar-refractivity contribution in [2.45, 2.75) is 19.9 Å². The van der Waals surface area contributed by atoms with Gasteiger partial charge in [-0.3, -0.25) is 0 Å². The van der Waals surface area contributed by atoms with Crippen LogP contribution in [0, 0.1) is 6.92 Å². The lowest BCUT2D eigenvalue weighted by Crippen LogP contribution is -2.22. The lowest BCUT2D eigenvalue weighted by Gasteiger charge is -2.12. The van der Waals surface area contributed by atoms with Crippen molar-refractivity contribution in [3.8, 4) is 0 Å². The molecule has 1 aliphatic heterocycles. The Morgan fingerprint density at radius 1 is 1.29 bits per heavy atom. The topological polar surface area (TPSA) is 27.8 Å². The number of hydrogen-bond acceptors (Lipinski definition) is 1. The highest BCUT2D eigenvalue weighted by molar-refractivity contribution is 5.85. The first-order valence-electron chi connectivity index (χ1n) is 5.15. The van der Waals surface area contributed by atoms with Gasteiger partial charge in [0.1, 0.15) is 0 Å². The van der Waals surface area contributed by atoms with E-state index in [1.54, 1.807) is 0 Å². The summed E-state index contributed by atoms with van der Waals surface area (Å²) in [6.45, 7) is 4.25. The van der Waals surface area contributed by atoms with Gasteiger partial charge in [0.25, 0.3) is 0 Å². The maximum atomic E-state index is 3.48. The van der Waals surface area contributed by atoms with Crippen molar-refractivity contribution >= 4 is 10.9 Å². The molecular formula is C12H14N2. The number of aromatic nitrogens is 1. The van der Waals surface area contributed by atoms with Gasteiger partial charge in [0, 0.05) is 23.1 Å². The molecule has 0 atom stereocenters. The Morgan fingerprint density at radius 3 is 3.14 bits per heavy atom. The summed E-state index contributed by atoms with van der Waals surface area (Å²) in [6.07, 6.45) is 1.15. The van der Waals surface area contributed by atoms with Crippen LogP contribution in [0.5, 0.6) is 0 Å². The molecule has 1 aliphatic rings. The van der Waals surface area contributed by atoms with Crippen LogP contribution in [-0.2, 0) is 13.0 Å². The highest BCUT2D eigenvalue weighted by Gasteiger charge is 2.14. The highest BCUT2D eigenvalue weighted by Crippen LogP contribution is 2.25. The molecule has 3 rings (SSSR count). The van der Waals surface area contributed by atoms with Crippen LogP contribution in [0.15, 0.2) is 18.2 Å². The predicted molar refractivity (Wildman–Crippen MR) is 58.4 cm³/mol. The number of hydrogen-bond donors (Lipinski definition) is 2. The molecule has 0 spiro atoms. The quantitative estimate of drug-likeness (QED) is 0.648. The number of nitrogens with one attached hydrogen (secondary N) is 2. The molecule has 0 amide bonds. The number of rotatable bonds is 0. The van der Waals surface area contributed by atoms with Gasteiger partial charge in [0.15, 0.2) is 0 Å². The van der Waals surface area contributed by atoms with E-state index in [0.29, 0.717) is 0 Å². The van der Waals surface area contributed by atoms with Gasteiger partial charge in [-0.25, -0.2) is 0 Å². The lowest BCUT2D eigenvalue weighted by atomic mass is 10.0. The van der Waals surface area contributed by atoms with Gasteiger partial charge in [0.2, 0.25) is 0 Å². The first-order chi connectivity index (χ1) is 6.84. The summed E-state index contributed by atoms with van der Waals surface area (Å²) in [7, 11) is 0. The molecule has 2 nitrogen and oxygen atoms in total. The van der Waals surface area contributed by atoms with Crippen LogP contribution < -0.4 is 5.32 Å². The largest absolute Gasteiger partial charge is 0.357 e. The Morgan fingerprint density at radius 2 is 2.21 bits per heavy atom. The first kappa shape index (κ1) is 8.06. The van der Waals surface area contributed by atoms with Crippen LogP contribution in [0.2, 0.25) is 0 Å². The molecule has 0 saturated carbocycles. The Balaban J connectivity index is 2.32. The van der Waals surface area contributed by atoms with E-state index in [4.69, 9.17) is 0 Å². The number of aromatic amines is 1. The van der Waals surface area contributed by atoms with Crippen LogP contribution in [0.3, 0.4) is 0 Å². The van der Waals surface area contributed by atoms with Crippen LogP contribution in [-0.4, -0.2) is 11.5 Å². The van der Waals surface area contributed by atoms with E-state index in [2.05, 4.69) is 35.4 Å². The van der Waals surface area contributed by atoms with E-state index < -0.39 is 0 Å². The molecule has 1 aromatic carbocycles. The summed E-state index contributed by atoms with van der Waals surface area (Å²) in [5, 5.41) is 4.80. The van der Waals surface area contributed by atoms with Crippen molar-refractivity contribution in [2.75, 3.05) is 6.54 Å². The summed E-state index contributed by atoms with van der Waals surface area (Å²) < 4.78 is 0. The molecule has 1 aromatic heterocycles. The molecule has 2 heterocycles. The predicted octanol–water partition coefficient (Wildman–Crippen LogP) is 2.12. The second-order valence-corrected chi connectivity index (χ2v) is 4.06. The fraction of sp³-hybridized carbons (Fsp3) is 0.333. The third-order valence-corrected chi connectivity index (χ3v) is 3.00. The Bertz CT molecular complexity index is 482. The summed E-state index contributed by atoms with van der Waals surface area (Å²) in [5.74, 6) is 0. The Labute approximate surface area is 83.3 Å². The number of fused-ring (bicyclic) bond motifs is 3. The molecule has 14 heavy (non-hydrogen) atoms. The number of aryl methyl sites for hydroxylation is 1. The summed E-state index contributed by atoms with van der Waals surface area (Å²) in [6, 6.07) is 6.64.